The van der Waals surface area contributed by atoms with E-state index in [1.54, 1.807) is 19.9 Å². The molecule has 134 valence electrons. The van der Waals surface area contributed by atoms with E-state index in [9.17, 15) is 18.5 Å². The zero-order valence-electron chi connectivity index (χ0n) is 14.3. The van der Waals surface area contributed by atoms with Gasteiger partial charge in [0.25, 0.3) is 5.69 Å². The van der Waals surface area contributed by atoms with E-state index in [0.29, 0.717) is 31.9 Å². The highest BCUT2D eigenvalue weighted by Crippen LogP contribution is 2.32. The first kappa shape index (κ1) is 18.6. The van der Waals surface area contributed by atoms with E-state index in [0.717, 1.165) is 13.1 Å². The first-order valence-corrected chi connectivity index (χ1v) is 9.47. The summed E-state index contributed by atoms with van der Waals surface area (Å²) in [5.41, 5.74) is 0.333. The van der Waals surface area contributed by atoms with Crippen LogP contribution < -0.4 is 4.90 Å². The van der Waals surface area contributed by atoms with Crippen molar-refractivity contribution >= 4 is 21.4 Å². The molecule has 2 rings (SSSR count). The minimum absolute atomic E-state index is 0.0185. The second-order valence-corrected chi connectivity index (χ2v) is 7.70. The molecule has 1 saturated heterocycles. The fourth-order valence-electron chi connectivity index (χ4n) is 2.83. The fraction of sp³-hybridized carbons (Fsp3) is 0.600. The summed E-state index contributed by atoms with van der Waals surface area (Å²) in [6.45, 7) is 7.18. The van der Waals surface area contributed by atoms with Crippen molar-refractivity contribution in [3.8, 4) is 0 Å². The largest absolute Gasteiger partial charge is 0.368 e. The number of nitro benzene ring substituents is 1. The number of rotatable bonds is 6. The van der Waals surface area contributed by atoms with Crippen molar-refractivity contribution in [2.75, 3.05) is 51.2 Å². The lowest BCUT2D eigenvalue weighted by Gasteiger charge is -2.35. The van der Waals surface area contributed by atoms with Gasteiger partial charge >= 0.3 is 0 Å². The van der Waals surface area contributed by atoms with Crippen LogP contribution in [-0.2, 0) is 10.0 Å². The minimum Gasteiger partial charge on any atom is -0.368 e. The smallest absolute Gasteiger partial charge is 0.270 e. The summed E-state index contributed by atoms with van der Waals surface area (Å²) in [4.78, 5) is 14.7. The van der Waals surface area contributed by atoms with E-state index in [1.807, 2.05) is 11.9 Å². The average Bonchev–Trinajstić information content (AvgIpc) is 2.56. The zero-order valence-corrected chi connectivity index (χ0v) is 15.1. The Morgan fingerprint density at radius 1 is 1.17 bits per heavy atom. The van der Waals surface area contributed by atoms with Gasteiger partial charge in [-0.15, -0.1) is 0 Å². The summed E-state index contributed by atoms with van der Waals surface area (Å²) < 4.78 is 27.3. The molecular weight excluding hydrogens is 332 g/mol. The van der Waals surface area contributed by atoms with Gasteiger partial charge in [-0.05, 0) is 13.1 Å². The number of benzene rings is 1. The normalized spacial score (nSPS) is 16.6. The Balaban J connectivity index is 2.53. The predicted molar refractivity (Wildman–Crippen MR) is 92.9 cm³/mol. The van der Waals surface area contributed by atoms with Crippen molar-refractivity contribution in [2.24, 2.45) is 0 Å². The molecule has 0 aliphatic carbocycles. The average molecular weight is 356 g/mol. The van der Waals surface area contributed by atoms with Crippen LogP contribution in [0.1, 0.15) is 13.8 Å². The van der Waals surface area contributed by atoms with Crippen molar-refractivity contribution < 1.29 is 13.3 Å². The lowest BCUT2D eigenvalue weighted by Crippen LogP contribution is -2.45. The summed E-state index contributed by atoms with van der Waals surface area (Å²) in [7, 11) is -1.76. The molecule has 1 aromatic rings. The number of nitro groups is 1. The van der Waals surface area contributed by atoms with Gasteiger partial charge in [-0.1, -0.05) is 13.8 Å². The molecule has 9 heteroatoms. The standard InChI is InChI=1S/C15H24N4O4S/c1-4-18(5-2)24(22,23)15-12-13(19(20)21)6-7-14(15)17-10-8-16(3)9-11-17/h6-7,12H,4-5,8-11H2,1-3H3. The fourth-order valence-corrected chi connectivity index (χ4v) is 4.52. The van der Waals surface area contributed by atoms with E-state index in [2.05, 4.69) is 4.90 Å². The Labute approximate surface area is 142 Å². The number of anilines is 1. The second-order valence-electron chi connectivity index (χ2n) is 5.79. The maximum Gasteiger partial charge on any atom is 0.270 e. The summed E-state index contributed by atoms with van der Waals surface area (Å²) in [6, 6.07) is 4.11. The topological polar surface area (TPSA) is 87.0 Å². The summed E-state index contributed by atoms with van der Waals surface area (Å²) in [5, 5.41) is 11.1. The summed E-state index contributed by atoms with van der Waals surface area (Å²) >= 11 is 0. The lowest BCUT2D eigenvalue weighted by molar-refractivity contribution is -0.385. The molecule has 1 aromatic carbocycles. The van der Waals surface area contributed by atoms with E-state index in [-0.39, 0.29) is 10.6 Å². The first-order chi connectivity index (χ1) is 11.3. The van der Waals surface area contributed by atoms with Crippen LogP contribution in [0.4, 0.5) is 11.4 Å². The molecule has 0 N–H and O–H groups in total. The van der Waals surface area contributed by atoms with Crippen LogP contribution in [0.3, 0.4) is 0 Å². The molecule has 0 radical (unpaired) electrons. The highest BCUT2D eigenvalue weighted by molar-refractivity contribution is 7.89. The highest BCUT2D eigenvalue weighted by atomic mass is 32.2. The number of hydrogen-bond acceptors (Lipinski definition) is 6. The summed E-state index contributed by atoms with van der Waals surface area (Å²) in [6.07, 6.45) is 0. The number of nitrogens with zero attached hydrogens (tertiary/aromatic N) is 4. The third-order valence-electron chi connectivity index (χ3n) is 4.32. The zero-order chi connectivity index (χ0) is 17.9. The maximum absolute atomic E-state index is 13.0. The lowest BCUT2D eigenvalue weighted by atomic mass is 10.2. The Morgan fingerprint density at radius 3 is 2.25 bits per heavy atom. The molecule has 24 heavy (non-hydrogen) atoms. The molecule has 1 heterocycles. The monoisotopic (exact) mass is 356 g/mol. The van der Waals surface area contributed by atoms with Crippen molar-refractivity contribution in [3.05, 3.63) is 28.3 Å². The second kappa shape index (κ2) is 7.45. The van der Waals surface area contributed by atoms with E-state index in [4.69, 9.17) is 0 Å². The molecule has 1 fully saturated rings. The third kappa shape index (κ3) is 3.68. The van der Waals surface area contributed by atoms with Crippen LogP contribution >= 0.6 is 0 Å². The van der Waals surface area contributed by atoms with Gasteiger partial charge < -0.3 is 9.80 Å². The van der Waals surface area contributed by atoms with Gasteiger partial charge in [0.1, 0.15) is 4.90 Å². The van der Waals surface area contributed by atoms with Crippen molar-refractivity contribution in [2.45, 2.75) is 18.7 Å². The van der Waals surface area contributed by atoms with Crippen LogP contribution in [0, 0.1) is 10.1 Å². The van der Waals surface area contributed by atoms with Gasteiger partial charge in [0.2, 0.25) is 10.0 Å². The number of sulfonamides is 1. The number of non-ortho nitro benzene ring substituents is 1. The van der Waals surface area contributed by atoms with Crippen molar-refractivity contribution in [3.63, 3.8) is 0 Å². The van der Waals surface area contributed by atoms with Gasteiger partial charge in [0, 0.05) is 51.4 Å². The van der Waals surface area contributed by atoms with E-state index >= 15 is 0 Å². The van der Waals surface area contributed by atoms with Gasteiger partial charge in [-0.25, -0.2) is 8.42 Å². The Morgan fingerprint density at radius 2 is 1.75 bits per heavy atom. The van der Waals surface area contributed by atoms with Gasteiger partial charge in [0.15, 0.2) is 0 Å². The van der Waals surface area contributed by atoms with E-state index < -0.39 is 14.9 Å². The molecule has 0 atom stereocenters. The predicted octanol–water partition coefficient (Wildman–Crippen LogP) is 1.38. The molecule has 8 nitrogen and oxygen atoms in total. The van der Waals surface area contributed by atoms with Crippen LogP contribution in [0.15, 0.2) is 23.1 Å². The molecule has 0 unspecified atom stereocenters. The molecule has 0 saturated carbocycles. The molecule has 0 aromatic heterocycles. The van der Waals surface area contributed by atoms with Crippen LogP contribution in [0.5, 0.6) is 0 Å². The molecule has 1 aliphatic rings. The molecular formula is C15H24N4O4S. The number of hydrogen-bond donors (Lipinski definition) is 0. The Kier molecular flexibility index (Phi) is 5.79. The molecule has 0 bridgehead atoms. The minimum atomic E-state index is -3.78. The molecule has 1 aliphatic heterocycles. The van der Waals surface area contributed by atoms with Crippen LogP contribution in [0.2, 0.25) is 0 Å². The summed E-state index contributed by atoms with van der Waals surface area (Å²) in [5.74, 6) is 0. The highest BCUT2D eigenvalue weighted by Gasteiger charge is 2.30. The van der Waals surface area contributed by atoms with Gasteiger partial charge in [0.05, 0.1) is 10.6 Å². The van der Waals surface area contributed by atoms with Gasteiger partial charge in [-0.2, -0.15) is 4.31 Å². The van der Waals surface area contributed by atoms with Crippen molar-refractivity contribution in [1.82, 2.24) is 9.21 Å². The first-order valence-electron chi connectivity index (χ1n) is 8.03. The third-order valence-corrected chi connectivity index (χ3v) is 6.40. The number of piperazine rings is 1. The van der Waals surface area contributed by atoms with Crippen LogP contribution in [-0.4, -0.2) is 68.9 Å². The SMILES string of the molecule is CCN(CC)S(=O)(=O)c1cc([N+](=O)[O-])ccc1N1CCN(C)CC1. The van der Waals surface area contributed by atoms with Crippen molar-refractivity contribution in [1.29, 1.82) is 0 Å². The molecule has 0 amide bonds. The van der Waals surface area contributed by atoms with Gasteiger partial charge in [-0.3, -0.25) is 10.1 Å². The maximum atomic E-state index is 13.0. The Bertz CT molecular complexity index is 695. The van der Waals surface area contributed by atoms with E-state index in [1.165, 1.54) is 16.4 Å². The quantitative estimate of drug-likeness (QED) is 0.565. The molecule has 0 spiro atoms. The number of likely N-dealkylation sites (N-methyl/N-ethyl adjacent to an activating group) is 1. The Hall–Kier alpha value is -1.71. The van der Waals surface area contributed by atoms with Crippen LogP contribution in [0.25, 0.3) is 0 Å².